The van der Waals surface area contributed by atoms with Crippen molar-refractivity contribution in [3.63, 3.8) is 0 Å². The summed E-state index contributed by atoms with van der Waals surface area (Å²) in [6.07, 6.45) is 0. The second-order valence-electron chi connectivity index (χ2n) is 5.60. The zero-order chi connectivity index (χ0) is 19.9. The Bertz CT molecular complexity index is 739. The van der Waals surface area contributed by atoms with E-state index in [1.54, 1.807) is 0 Å². The fraction of sp³-hybridized carbons (Fsp3) is 0. The van der Waals surface area contributed by atoms with Crippen LogP contribution in [0.2, 0.25) is 0 Å². The predicted molar refractivity (Wildman–Crippen MR) is 124 cm³/mol. The van der Waals surface area contributed by atoms with Crippen LogP contribution in [0.15, 0.2) is 121 Å². The molecule has 0 atom stereocenters. The monoisotopic (exact) mass is 512 g/mol. The Balaban J connectivity index is 0.000000260. The summed E-state index contributed by atoms with van der Waals surface area (Å²) in [6.45, 7) is 0. The third kappa shape index (κ3) is 8.26. The van der Waals surface area contributed by atoms with Gasteiger partial charge in [0.1, 0.15) is 15.9 Å². The molecule has 0 aliphatic heterocycles. The van der Waals surface area contributed by atoms with Gasteiger partial charge in [-0.15, -0.1) is 0 Å². The van der Waals surface area contributed by atoms with Crippen molar-refractivity contribution in [1.29, 1.82) is 0 Å². The minimum atomic E-state index is -0.877. The zero-order valence-electron chi connectivity index (χ0n) is 15.2. The Morgan fingerprint density at radius 2 is 0.786 bits per heavy atom. The molecule has 0 nitrogen and oxygen atoms in total. The summed E-state index contributed by atoms with van der Waals surface area (Å²) < 4.78 is 0. The van der Waals surface area contributed by atoms with Gasteiger partial charge in [0, 0.05) is 0 Å². The number of halogens is 2. The van der Waals surface area contributed by atoms with Crippen LogP contribution in [0.25, 0.3) is 0 Å². The Kier molecular flexibility index (Phi) is 11.8. The topological polar surface area (TPSA) is 0 Å². The van der Waals surface area contributed by atoms with E-state index in [2.05, 4.69) is 97.1 Å². The molecule has 0 N–H and O–H groups in total. The summed E-state index contributed by atoms with van der Waals surface area (Å²) in [5.74, 6) is 0. The van der Waals surface area contributed by atoms with Crippen LogP contribution in [0.3, 0.4) is 0 Å². The molecule has 4 rings (SSSR count). The van der Waals surface area contributed by atoms with E-state index >= 15 is 0 Å². The first kappa shape index (κ1) is 22.8. The van der Waals surface area contributed by atoms with Gasteiger partial charge < -0.3 is 0 Å². The Hall–Kier alpha value is -1.49. The molecule has 28 heavy (non-hydrogen) atoms. The first-order chi connectivity index (χ1) is 13.9. The van der Waals surface area contributed by atoms with E-state index in [-0.39, 0.29) is 15.1 Å². The van der Waals surface area contributed by atoms with Gasteiger partial charge >= 0.3 is 34.5 Å². The van der Waals surface area contributed by atoms with Gasteiger partial charge in [-0.2, -0.15) is 36.4 Å². The molecule has 0 aliphatic carbocycles. The zero-order valence-corrected chi connectivity index (χ0v) is 19.4. The molecule has 0 heterocycles. The fourth-order valence-electron chi connectivity index (χ4n) is 2.66. The van der Waals surface area contributed by atoms with Gasteiger partial charge in [-0.3, -0.25) is 0 Å². The first-order valence-electron chi connectivity index (χ1n) is 8.66. The smallest absolute Gasteiger partial charge is 0.102 e. The maximum Gasteiger partial charge on any atom is 0.102 e. The van der Waals surface area contributed by atoms with Gasteiger partial charge in [-0.25, -0.2) is 0 Å². The predicted octanol–water partition coefficient (Wildman–Crippen LogP) is 6.04. The van der Waals surface area contributed by atoms with Crippen LogP contribution in [0.4, 0.5) is 0 Å². The number of benzene rings is 4. The number of hydrogen-bond donors (Lipinski definition) is 0. The SMILES string of the molecule is [Cl][Ru][Cl].[c-]1ccccc1.c1ccc([PH+](c2ccccc2)c2ccccc2)cc1. The van der Waals surface area contributed by atoms with Gasteiger partial charge in [0.05, 0.1) is 7.92 Å². The molecule has 0 aromatic heterocycles. The Labute approximate surface area is 185 Å². The minimum Gasteiger partial charge on any atom is -0.184 e. The second-order valence-corrected chi connectivity index (χ2v) is 10.7. The van der Waals surface area contributed by atoms with Crippen molar-refractivity contribution in [2.24, 2.45) is 0 Å². The number of hydrogen-bond acceptors (Lipinski definition) is 0. The van der Waals surface area contributed by atoms with E-state index in [9.17, 15) is 0 Å². The second kappa shape index (κ2) is 14.5. The molecular formula is C24H21Cl2PRu. The average molecular weight is 512 g/mol. The maximum absolute atomic E-state index is 4.85. The number of rotatable bonds is 3. The van der Waals surface area contributed by atoms with E-state index in [1.807, 2.05) is 30.3 Å². The molecule has 0 fully saturated rings. The summed E-state index contributed by atoms with van der Waals surface area (Å²) in [5.41, 5.74) is 0. The summed E-state index contributed by atoms with van der Waals surface area (Å²) in [4.78, 5) is 0. The van der Waals surface area contributed by atoms with E-state index in [0.29, 0.717) is 0 Å². The van der Waals surface area contributed by atoms with Crippen molar-refractivity contribution in [3.8, 4) is 0 Å². The standard InChI is InChI=1S/C18H15P.C6H5.2ClH.Ru/c1-4-10-16(11-5-1)19(17-12-6-2-7-13-17)18-14-8-3-9-15-18;1-2-4-6-5-3-1;;;/h1-15H;1-5H;2*1H;/q;-1;;;+2/p-1. The normalized spacial score (nSPS) is 9.68. The molecule has 0 aliphatic rings. The largest absolute Gasteiger partial charge is 0.184 e. The van der Waals surface area contributed by atoms with Gasteiger partial charge in [0.15, 0.2) is 0 Å². The van der Waals surface area contributed by atoms with Gasteiger partial charge in [0.25, 0.3) is 0 Å². The van der Waals surface area contributed by atoms with E-state index < -0.39 is 7.92 Å². The average Bonchev–Trinajstić information content (AvgIpc) is 2.78. The summed E-state index contributed by atoms with van der Waals surface area (Å²) in [7, 11) is 8.83. The molecule has 0 saturated carbocycles. The van der Waals surface area contributed by atoms with Gasteiger partial charge in [0.2, 0.25) is 0 Å². The molecule has 0 amide bonds. The van der Waals surface area contributed by atoms with Crippen molar-refractivity contribution in [1.82, 2.24) is 0 Å². The molecule has 0 bridgehead atoms. The van der Waals surface area contributed by atoms with Crippen LogP contribution in [0, 0.1) is 6.07 Å². The molecule has 0 saturated heterocycles. The summed E-state index contributed by atoms with van der Waals surface area (Å²) in [5, 5.41) is 4.31. The summed E-state index contributed by atoms with van der Waals surface area (Å²) in [6, 6.07) is 45.0. The van der Waals surface area contributed by atoms with Crippen molar-refractivity contribution >= 4 is 43.2 Å². The van der Waals surface area contributed by atoms with Crippen LogP contribution in [0.1, 0.15) is 0 Å². The molecule has 4 aromatic rings. The first-order valence-corrected chi connectivity index (χ1v) is 14.6. The van der Waals surface area contributed by atoms with Crippen molar-refractivity contribution in [2.75, 3.05) is 0 Å². The molecule has 0 spiro atoms. The molecule has 0 unspecified atom stereocenters. The Morgan fingerprint density at radius 3 is 1.00 bits per heavy atom. The van der Waals surface area contributed by atoms with Crippen LogP contribution in [0.5, 0.6) is 0 Å². The van der Waals surface area contributed by atoms with E-state index in [4.69, 9.17) is 19.4 Å². The van der Waals surface area contributed by atoms with E-state index in [0.717, 1.165) is 0 Å². The van der Waals surface area contributed by atoms with Crippen molar-refractivity contribution in [2.45, 2.75) is 0 Å². The van der Waals surface area contributed by atoms with Crippen molar-refractivity contribution < 1.29 is 15.1 Å². The third-order valence-corrected chi connectivity index (χ3v) is 6.53. The third-order valence-electron chi connectivity index (χ3n) is 3.79. The Morgan fingerprint density at radius 1 is 0.500 bits per heavy atom. The van der Waals surface area contributed by atoms with Crippen LogP contribution in [-0.2, 0) is 15.1 Å². The molecule has 0 radical (unpaired) electrons. The molecule has 4 heteroatoms. The van der Waals surface area contributed by atoms with Crippen LogP contribution < -0.4 is 15.9 Å². The fourth-order valence-corrected chi connectivity index (χ4v) is 5.23. The van der Waals surface area contributed by atoms with Gasteiger partial charge in [-0.05, 0) is 36.4 Å². The minimum absolute atomic E-state index is 0.346. The van der Waals surface area contributed by atoms with Crippen LogP contribution in [-0.4, -0.2) is 0 Å². The van der Waals surface area contributed by atoms with Gasteiger partial charge in [-0.1, -0.05) is 54.6 Å². The van der Waals surface area contributed by atoms with Crippen LogP contribution >= 0.6 is 27.3 Å². The molecular weight excluding hydrogens is 491 g/mol. The van der Waals surface area contributed by atoms with Crippen molar-refractivity contribution in [3.05, 3.63) is 127 Å². The maximum atomic E-state index is 4.85. The summed E-state index contributed by atoms with van der Waals surface area (Å²) >= 11 is -0.346. The molecule has 144 valence electrons. The quantitative estimate of drug-likeness (QED) is 0.178. The molecule has 4 aromatic carbocycles. The van der Waals surface area contributed by atoms with E-state index in [1.165, 1.54) is 15.9 Å².